The maximum absolute atomic E-state index is 11.5. The lowest BCUT2D eigenvalue weighted by Gasteiger charge is -2.17. The predicted octanol–water partition coefficient (Wildman–Crippen LogP) is -0.0210. The SMILES string of the molecule is O=C(O)c1cnc2c(c1)NCCS2(=O)=O. The van der Waals surface area contributed by atoms with E-state index in [2.05, 4.69) is 10.3 Å². The van der Waals surface area contributed by atoms with Gasteiger partial charge in [0.1, 0.15) is 0 Å². The summed E-state index contributed by atoms with van der Waals surface area (Å²) in [5, 5.41) is 11.4. The lowest BCUT2D eigenvalue weighted by Crippen LogP contribution is -2.24. The van der Waals surface area contributed by atoms with Crippen LogP contribution in [0, 0.1) is 0 Å². The van der Waals surface area contributed by atoms with Gasteiger partial charge in [0, 0.05) is 12.7 Å². The van der Waals surface area contributed by atoms with Crippen LogP contribution in [0.3, 0.4) is 0 Å². The van der Waals surface area contributed by atoms with Crippen LogP contribution in [0.5, 0.6) is 0 Å². The van der Waals surface area contributed by atoms with Crippen molar-refractivity contribution in [1.82, 2.24) is 4.98 Å². The van der Waals surface area contributed by atoms with Crippen molar-refractivity contribution >= 4 is 21.5 Å². The van der Waals surface area contributed by atoms with Gasteiger partial charge in [-0.3, -0.25) is 0 Å². The van der Waals surface area contributed by atoms with Gasteiger partial charge in [0.2, 0.25) is 0 Å². The highest BCUT2D eigenvalue weighted by atomic mass is 32.2. The number of carbonyl (C=O) groups is 1. The molecule has 0 spiro atoms. The number of fused-ring (bicyclic) bond motifs is 1. The zero-order valence-electron chi connectivity index (χ0n) is 7.60. The zero-order chi connectivity index (χ0) is 11.1. The van der Waals surface area contributed by atoms with Gasteiger partial charge in [-0.25, -0.2) is 18.2 Å². The van der Waals surface area contributed by atoms with Gasteiger partial charge in [0.05, 0.1) is 17.0 Å². The number of nitrogens with one attached hydrogen (secondary N) is 1. The highest BCUT2D eigenvalue weighted by molar-refractivity contribution is 7.91. The molecule has 1 aliphatic heterocycles. The third-order valence-corrected chi connectivity index (χ3v) is 3.73. The van der Waals surface area contributed by atoms with E-state index in [4.69, 9.17) is 5.11 Å². The van der Waals surface area contributed by atoms with E-state index in [1.807, 2.05) is 0 Å². The van der Waals surface area contributed by atoms with E-state index in [9.17, 15) is 13.2 Å². The molecule has 0 fully saturated rings. The minimum absolute atomic E-state index is 0.0145. The highest BCUT2D eigenvalue weighted by Gasteiger charge is 2.25. The second-order valence-electron chi connectivity index (χ2n) is 3.13. The molecule has 15 heavy (non-hydrogen) atoms. The van der Waals surface area contributed by atoms with Gasteiger partial charge in [-0.1, -0.05) is 0 Å². The normalized spacial score (nSPS) is 17.6. The predicted molar refractivity (Wildman–Crippen MR) is 51.7 cm³/mol. The monoisotopic (exact) mass is 228 g/mol. The Bertz CT molecular complexity index is 523. The van der Waals surface area contributed by atoms with Crippen molar-refractivity contribution in [2.75, 3.05) is 17.6 Å². The van der Waals surface area contributed by atoms with Crippen LogP contribution < -0.4 is 5.32 Å². The molecule has 0 saturated heterocycles. The molecule has 1 aromatic rings. The van der Waals surface area contributed by atoms with Crippen LogP contribution in [-0.4, -0.2) is 36.8 Å². The first-order chi connectivity index (χ1) is 7.00. The first-order valence-electron chi connectivity index (χ1n) is 4.21. The van der Waals surface area contributed by atoms with E-state index in [0.717, 1.165) is 6.20 Å². The fourth-order valence-electron chi connectivity index (χ4n) is 1.36. The third-order valence-electron chi connectivity index (χ3n) is 2.08. The third kappa shape index (κ3) is 1.65. The van der Waals surface area contributed by atoms with Crippen LogP contribution in [0.15, 0.2) is 17.3 Å². The lowest BCUT2D eigenvalue weighted by molar-refractivity contribution is 0.0696. The van der Waals surface area contributed by atoms with Gasteiger partial charge in [-0.05, 0) is 6.07 Å². The summed E-state index contributed by atoms with van der Waals surface area (Å²) in [5.41, 5.74) is 0.236. The van der Waals surface area contributed by atoms with Crippen LogP contribution in [-0.2, 0) is 9.84 Å². The highest BCUT2D eigenvalue weighted by Crippen LogP contribution is 2.24. The van der Waals surface area contributed by atoms with E-state index in [0.29, 0.717) is 0 Å². The van der Waals surface area contributed by atoms with E-state index < -0.39 is 15.8 Å². The van der Waals surface area contributed by atoms with E-state index in [1.54, 1.807) is 0 Å². The molecule has 0 saturated carbocycles. The molecule has 0 atom stereocenters. The standard InChI is InChI=1S/C8H8N2O4S/c11-8(12)5-3-6-7(10-4-5)15(13,14)2-1-9-6/h3-4,9H,1-2H2,(H,11,12). The summed E-state index contributed by atoms with van der Waals surface area (Å²) in [7, 11) is -3.35. The summed E-state index contributed by atoms with van der Waals surface area (Å²) in [6.07, 6.45) is 1.05. The van der Waals surface area contributed by atoms with Gasteiger partial charge in [0.15, 0.2) is 14.9 Å². The number of hydrogen-bond acceptors (Lipinski definition) is 5. The summed E-state index contributed by atoms with van der Waals surface area (Å²) in [4.78, 5) is 14.3. The molecule has 2 heterocycles. The average Bonchev–Trinajstić information content (AvgIpc) is 2.16. The Morgan fingerprint density at radius 1 is 1.53 bits per heavy atom. The molecule has 1 aromatic heterocycles. The average molecular weight is 228 g/mol. The van der Waals surface area contributed by atoms with E-state index >= 15 is 0 Å². The van der Waals surface area contributed by atoms with Crippen molar-refractivity contribution in [3.05, 3.63) is 17.8 Å². The smallest absolute Gasteiger partial charge is 0.337 e. The first-order valence-corrected chi connectivity index (χ1v) is 5.86. The number of aromatic carboxylic acids is 1. The Kier molecular flexibility index (Phi) is 2.11. The van der Waals surface area contributed by atoms with Crippen molar-refractivity contribution in [3.63, 3.8) is 0 Å². The van der Waals surface area contributed by atoms with Crippen LogP contribution >= 0.6 is 0 Å². The molecule has 1 aliphatic rings. The minimum Gasteiger partial charge on any atom is -0.478 e. The van der Waals surface area contributed by atoms with Crippen LogP contribution in [0.1, 0.15) is 10.4 Å². The molecule has 6 nitrogen and oxygen atoms in total. The second-order valence-corrected chi connectivity index (χ2v) is 5.15. The Hall–Kier alpha value is -1.63. The maximum Gasteiger partial charge on any atom is 0.337 e. The summed E-state index contributed by atoms with van der Waals surface area (Å²) in [5.74, 6) is -1.14. The molecule has 0 aliphatic carbocycles. The summed E-state index contributed by atoms with van der Waals surface area (Å²) >= 11 is 0. The van der Waals surface area contributed by atoms with E-state index in [1.165, 1.54) is 6.07 Å². The molecule has 0 aromatic carbocycles. The fourth-order valence-corrected chi connectivity index (χ4v) is 2.60. The second kappa shape index (κ2) is 3.20. The molecular formula is C8H8N2O4S. The number of pyridine rings is 1. The molecular weight excluding hydrogens is 220 g/mol. The van der Waals surface area contributed by atoms with Crippen LogP contribution in [0.2, 0.25) is 0 Å². The molecule has 0 radical (unpaired) electrons. The summed E-state index contributed by atoms with van der Waals surface area (Å²) in [6, 6.07) is 1.28. The number of rotatable bonds is 1. The van der Waals surface area contributed by atoms with Gasteiger partial charge in [0.25, 0.3) is 0 Å². The number of carboxylic acids is 1. The topological polar surface area (TPSA) is 96.4 Å². The van der Waals surface area contributed by atoms with Crippen LogP contribution in [0.4, 0.5) is 5.69 Å². The maximum atomic E-state index is 11.5. The molecule has 0 bridgehead atoms. The number of carboxylic acid groups (broad SMARTS) is 1. The number of nitrogens with zero attached hydrogens (tertiary/aromatic N) is 1. The van der Waals surface area contributed by atoms with Crippen molar-refractivity contribution in [3.8, 4) is 0 Å². The fraction of sp³-hybridized carbons (Fsp3) is 0.250. The lowest BCUT2D eigenvalue weighted by atomic mass is 10.2. The van der Waals surface area contributed by atoms with Crippen molar-refractivity contribution in [2.45, 2.75) is 5.03 Å². The molecule has 80 valence electrons. The number of anilines is 1. The van der Waals surface area contributed by atoms with Gasteiger partial charge in [-0.2, -0.15) is 0 Å². The van der Waals surface area contributed by atoms with Crippen LogP contribution in [0.25, 0.3) is 0 Å². The Morgan fingerprint density at radius 2 is 2.27 bits per heavy atom. The molecule has 2 rings (SSSR count). The van der Waals surface area contributed by atoms with E-state index in [-0.39, 0.29) is 28.6 Å². The van der Waals surface area contributed by atoms with Gasteiger partial charge < -0.3 is 10.4 Å². The van der Waals surface area contributed by atoms with Crippen molar-refractivity contribution in [2.24, 2.45) is 0 Å². The Balaban J connectivity index is 2.60. The number of aromatic nitrogens is 1. The van der Waals surface area contributed by atoms with Gasteiger partial charge >= 0.3 is 5.97 Å². The molecule has 7 heteroatoms. The molecule has 0 amide bonds. The largest absolute Gasteiger partial charge is 0.478 e. The molecule has 0 unspecified atom stereocenters. The first kappa shape index (κ1) is 9.91. The van der Waals surface area contributed by atoms with Gasteiger partial charge in [-0.15, -0.1) is 0 Å². The quantitative estimate of drug-likeness (QED) is 0.701. The zero-order valence-corrected chi connectivity index (χ0v) is 8.41. The number of sulfone groups is 1. The Morgan fingerprint density at radius 3 is 2.93 bits per heavy atom. The van der Waals surface area contributed by atoms with Crippen molar-refractivity contribution < 1.29 is 18.3 Å². The molecule has 2 N–H and O–H groups in total. The number of hydrogen-bond donors (Lipinski definition) is 2. The summed E-state index contributed by atoms with van der Waals surface area (Å²) < 4.78 is 23.0. The minimum atomic E-state index is -3.35. The Labute approximate surface area is 85.9 Å². The summed E-state index contributed by atoms with van der Waals surface area (Å²) in [6.45, 7) is 0.278. The van der Waals surface area contributed by atoms with Crippen molar-refractivity contribution in [1.29, 1.82) is 0 Å².